The van der Waals surface area contributed by atoms with Gasteiger partial charge in [-0.3, -0.25) is 4.79 Å². The summed E-state index contributed by atoms with van der Waals surface area (Å²) in [5, 5.41) is 0. The molecule has 2 fully saturated rings. The van der Waals surface area contributed by atoms with E-state index in [4.69, 9.17) is 15.2 Å². The zero-order chi connectivity index (χ0) is 12.1. The molecule has 2 unspecified atom stereocenters. The van der Waals surface area contributed by atoms with E-state index in [9.17, 15) is 4.79 Å². The Balaban J connectivity index is 1.68. The molecule has 1 amide bonds. The fourth-order valence-corrected chi connectivity index (χ4v) is 2.43. The van der Waals surface area contributed by atoms with Gasteiger partial charge in [-0.2, -0.15) is 0 Å². The molecule has 0 bridgehead atoms. The largest absolute Gasteiger partial charge is 0.378 e. The second-order valence-electron chi connectivity index (χ2n) is 4.85. The molecule has 2 aliphatic rings. The van der Waals surface area contributed by atoms with E-state index in [1.54, 1.807) is 0 Å². The highest BCUT2D eigenvalue weighted by atomic mass is 16.5. The maximum Gasteiger partial charge on any atom is 0.248 e. The summed E-state index contributed by atoms with van der Waals surface area (Å²) in [4.78, 5) is 13.6. The van der Waals surface area contributed by atoms with Crippen LogP contribution in [-0.2, 0) is 14.3 Å². The summed E-state index contributed by atoms with van der Waals surface area (Å²) in [6, 6.07) is 0.243. The van der Waals surface area contributed by atoms with Crippen LogP contribution < -0.4 is 5.73 Å². The van der Waals surface area contributed by atoms with Gasteiger partial charge in [0.15, 0.2) is 0 Å². The average molecular weight is 242 g/mol. The fourth-order valence-electron chi connectivity index (χ4n) is 2.43. The molecule has 1 aliphatic carbocycles. The monoisotopic (exact) mass is 242 g/mol. The van der Waals surface area contributed by atoms with E-state index in [2.05, 4.69) is 0 Å². The second-order valence-corrected chi connectivity index (χ2v) is 4.85. The van der Waals surface area contributed by atoms with Crippen LogP contribution in [0.2, 0.25) is 0 Å². The highest BCUT2D eigenvalue weighted by Crippen LogP contribution is 2.19. The Morgan fingerprint density at radius 2 is 2.12 bits per heavy atom. The first-order valence-corrected chi connectivity index (χ1v) is 6.48. The van der Waals surface area contributed by atoms with Gasteiger partial charge in [0.1, 0.15) is 6.61 Å². The van der Waals surface area contributed by atoms with Crippen molar-refractivity contribution in [2.75, 3.05) is 32.9 Å². The van der Waals surface area contributed by atoms with Crippen molar-refractivity contribution in [1.82, 2.24) is 4.90 Å². The lowest BCUT2D eigenvalue weighted by molar-refractivity contribution is -0.142. The lowest BCUT2D eigenvalue weighted by atomic mass is 9.94. The van der Waals surface area contributed by atoms with Crippen LogP contribution >= 0.6 is 0 Å². The lowest BCUT2D eigenvalue weighted by Crippen LogP contribution is -2.43. The summed E-state index contributed by atoms with van der Waals surface area (Å²) < 4.78 is 10.9. The fraction of sp³-hybridized carbons (Fsp3) is 0.917. The molecule has 1 saturated carbocycles. The molecule has 98 valence electrons. The molecule has 1 saturated heterocycles. The van der Waals surface area contributed by atoms with Crippen molar-refractivity contribution in [2.24, 2.45) is 5.73 Å². The molecule has 1 aliphatic heterocycles. The van der Waals surface area contributed by atoms with Gasteiger partial charge in [-0.25, -0.2) is 0 Å². The molecule has 2 N–H and O–H groups in total. The Labute approximate surface area is 102 Å². The molecule has 0 spiro atoms. The van der Waals surface area contributed by atoms with Gasteiger partial charge in [-0.1, -0.05) is 0 Å². The maximum absolute atomic E-state index is 11.8. The number of nitrogens with two attached hydrogens (primary N) is 1. The normalized spacial score (nSPS) is 30.3. The Bertz CT molecular complexity index is 254. The third-order valence-corrected chi connectivity index (χ3v) is 3.47. The molecule has 0 radical (unpaired) electrons. The van der Waals surface area contributed by atoms with E-state index in [0.717, 1.165) is 25.7 Å². The number of rotatable bonds is 3. The van der Waals surface area contributed by atoms with Crippen molar-refractivity contribution in [3.8, 4) is 0 Å². The summed E-state index contributed by atoms with van der Waals surface area (Å²) >= 11 is 0. The van der Waals surface area contributed by atoms with Crippen molar-refractivity contribution in [2.45, 2.75) is 37.8 Å². The number of ether oxygens (including phenoxy) is 2. The molecule has 0 aromatic rings. The minimum atomic E-state index is 0.0763. The van der Waals surface area contributed by atoms with E-state index in [1.807, 2.05) is 4.90 Å². The van der Waals surface area contributed by atoms with Crippen molar-refractivity contribution >= 4 is 5.91 Å². The van der Waals surface area contributed by atoms with Gasteiger partial charge >= 0.3 is 0 Å². The van der Waals surface area contributed by atoms with Crippen molar-refractivity contribution < 1.29 is 14.3 Å². The van der Waals surface area contributed by atoms with Crippen LogP contribution in [0.15, 0.2) is 0 Å². The third kappa shape index (κ3) is 3.94. The number of carbonyl (C=O) groups excluding carboxylic acids is 1. The predicted octanol–water partition coefficient (Wildman–Crippen LogP) is 0.132. The van der Waals surface area contributed by atoms with Gasteiger partial charge < -0.3 is 20.1 Å². The first-order chi connectivity index (χ1) is 8.25. The molecular weight excluding hydrogens is 220 g/mol. The summed E-state index contributed by atoms with van der Waals surface area (Å²) in [6.07, 6.45) is 4.28. The van der Waals surface area contributed by atoms with E-state index >= 15 is 0 Å². The van der Waals surface area contributed by atoms with Crippen LogP contribution in [0.25, 0.3) is 0 Å². The number of hydrogen-bond donors (Lipinski definition) is 1. The van der Waals surface area contributed by atoms with Crippen molar-refractivity contribution in [3.05, 3.63) is 0 Å². The molecule has 2 rings (SSSR count). The standard InChI is InChI=1S/C12H22N2O3/c13-10-2-1-3-11(8-10)17-9-12(15)14-4-6-16-7-5-14/h10-11H,1-9,13H2. The lowest BCUT2D eigenvalue weighted by Gasteiger charge is -2.29. The average Bonchev–Trinajstić information content (AvgIpc) is 2.37. The third-order valence-electron chi connectivity index (χ3n) is 3.47. The van der Waals surface area contributed by atoms with Crippen LogP contribution in [0.3, 0.4) is 0 Å². The van der Waals surface area contributed by atoms with E-state index in [1.165, 1.54) is 0 Å². The van der Waals surface area contributed by atoms with E-state index < -0.39 is 0 Å². The quantitative estimate of drug-likeness (QED) is 0.764. The topological polar surface area (TPSA) is 64.8 Å². The molecule has 1 heterocycles. The van der Waals surface area contributed by atoms with Gasteiger partial charge in [0, 0.05) is 19.1 Å². The zero-order valence-corrected chi connectivity index (χ0v) is 10.3. The summed E-state index contributed by atoms with van der Waals surface area (Å²) in [5.74, 6) is 0.0763. The van der Waals surface area contributed by atoms with Crippen LogP contribution in [0.1, 0.15) is 25.7 Å². The number of carbonyl (C=O) groups is 1. The number of nitrogens with zero attached hydrogens (tertiary/aromatic N) is 1. The Kier molecular flexibility index (Phi) is 4.76. The molecule has 5 nitrogen and oxygen atoms in total. The van der Waals surface area contributed by atoms with Gasteiger partial charge in [-0.05, 0) is 25.7 Å². The zero-order valence-electron chi connectivity index (χ0n) is 10.3. The van der Waals surface area contributed by atoms with Crippen LogP contribution in [0.5, 0.6) is 0 Å². The predicted molar refractivity (Wildman–Crippen MR) is 63.6 cm³/mol. The van der Waals surface area contributed by atoms with Gasteiger partial charge in [0.2, 0.25) is 5.91 Å². The maximum atomic E-state index is 11.8. The van der Waals surface area contributed by atoms with Crippen LogP contribution in [-0.4, -0.2) is 55.9 Å². The first-order valence-electron chi connectivity index (χ1n) is 6.48. The van der Waals surface area contributed by atoms with Crippen molar-refractivity contribution in [3.63, 3.8) is 0 Å². The molecule has 5 heteroatoms. The van der Waals surface area contributed by atoms with Gasteiger partial charge in [0.05, 0.1) is 19.3 Å². The van der Waals surface area contributed by atoms with Crippen LogP contribution in [0.4, 0.5) is 0 Å². The first kappa shape index (κ1) is 12.8. The Morgan fingerprint density at radius 1 is 1.35 bits per heavy atom. The second kappa shape index (κ2) is 6.33. The minimum Gasteiger partial charge on any atom is -0.378 e. The Hall–Kier alpha value is -0.650. The van der Waals surface area contributed by atoms with Gasteiger partial charge in [0.25, 0.3) is 0 Å². The molecule has 17 heavy (non-hydrogen) atoms. The summed E-state index contributed by atoms with van der Waals surface area (Å²) in [6.45, 7) is 2.84. The SMILES string of the molecule is NC1CCCC(OCC(=O)N2CCOCC2)C1. The number of hydrogen-bond acceptors (Lipinski definition) is 4. The number of amides is 1. The van der Waals surface area contributed by atoms with E-state index in [-0.39, 0.29) is 24.7 Å². The smallest absolute Gasteiger partial charge is 0.248 e. The van der Waals surface area contributed by atoms with Crippen LogP contribution in [0, 0.1) is 0 Å². The minimum absolute atomic E-state index is 0.0763. The molecular formula is C12H22N2O3. The molecule has 0 aromatic heterocycles. The summed E-state index contributed by atoms with van der Waals surface area (Å²) in [5.41, 5.74) is 5.88. The summed E-state index contributed by atoms with van der Waals surface area (Å²) in [7, 11) is 0. The molecule has 2 atom stereocenters. The highest BCUT2D eigenvalue weighted by Gasteiger charge is 2.22. The highest BCUT2D eigenvalue weighted by molar-refractivity contribution is 5.77. The molecule has 0 aromatic carbocycles. The Morgan fingerprint density at radius 3 is 2.82 bits per heavy atom. The van der Waals surface area contributed by atoms with E-state index in [0.29, 0.717) is 26.3 Å². The van der Waals surface area contributed by atoms with Gasteiger partial charge in [-0.15, -0.1) is 0 Å². The van der Waals surface area contributed by atoms with Crippen molar-refractivity contribution in [1.29, 1.82) is 0 Å². The number of morpholine rings is 1.